The Kier molecular flexibility index (Phi) is 3.80. The highest BCUT2D eigenvalue weighted by molar-refractivity contribution is 6.09. The minimum absolute atomic E-state index is 0.145. The molecule has 0 aromatic heterocycles. The second-order valence-corrected chi connectivity index (χ2v) is 4.03. The van der Waals surface area contributed by atoms with Crippen molar-refractivity contribution in [1.82, 2.24) is 0 Å². The van der Waals surface area contributed by atoms with Crippen molar-refractivity contribution in [2.24, 2.45) is 0 Å². The van der Waals surface area contributed by atoms with Gasteiger partial charge >= 0.3 is 0 Å². The number of hydrogen-bond acceptors (Lipinski definition) is 3. The maximum atomic E-state index is 13.7. The largest absolute Gasteiger partial charge is 0.491 e. The Morgan fingerprint density at radius 2 is 1.95 bits per heavy atom. The van der Waals surface area contributed by atoms with Crippen LogP contribution in [0.4, 0.5) is 10.1 Å². The highest BCUT2D eigenvalue weighted by Gasteiger charge is 2.12. The van der Waals surface area contributed by atoms with Crippen molar-refractivity contribution in [3.63, 3.8) is 0 Å². The molecule has 4 heteroatoms. The van der Waals surface area contributed by atoms with Gasteiger partial charge in [0.15, 0.2) is 17.3 Å². The first-order valence-electron chi connectivity index (χ1n) is 5.94. The highest BCUT2D eigenvalue weighted by Crippen LogP contribution is 2.20. The summed E-state index contributed by atoms with van der Waals surface area (Å²) in [5.74, 6) is -0.669. The van der Waals surface area contributed by atoms with Crippen molar-refractivity contribution in [2.75, 3.05) is 12.3 Å². The lowest BCUT2D eigenvalue weighted by molar-refractivity contribution is 0.103. The van der Waals surface area contributed by atoms with Gasteiger partial charge in [0.25, 0.3) is 0 Å². The molecule has 0 aliphatic carbocycles. The standard InChI is InChI=1S/C15H14FNO2/c1-2-19-14-7-6-11(9-13(14)16)15(18)10-4-3-5-12(17)8-10/h3-9H,2,17H2,1H3. The molecular formula is C15H14FNO2. The molecule has 0 radical (unpaired) electrons. The van der Waals surface area contributed by atoms with E-state index in [1.807, 2.05) is 0 Å². The van der Waals surface area contributed by atoms with Crippen molar-refractivity contribution in [3.8, 4) is 5.75 Å². The Labute approximate surface area is 110 Å². The quantitative estimate of drug-likeness (QED) is 0.678. The molecule has 2 aromatic rings. The molecule has 0 fully saturated rings. The highest BCUT2D eigenvalue weighted by atomic mass is 19.1. The average molecular weight is 259 g/mol. The molecule has 19 heavy (non-hydrogen) atoms. The maximum Gasteiger partial charge on any atom is 0.193 e. The van der Waals surface area contributed by atoms with Crippen molar-refractivity contribution < 1.29 is 13.9 Å². The number of carbonyl (C=O) groups is 1. The predicted octanol–water partition coefficient (Wildman–Crippen LogP) is 3.04. The fraction of sp³-hybridized carbons (Fsp3) is 0.133. The van der Waals surface area contributed by atoms with E-state index in [9.17, 15) is 9.18 Å². The number of hydrogen-bond donors (Lipinski definition) is 1. The summed E-state index contributed by atoms with van der Waals surface area (Å²) in [4.78, 5) is 12.2. The van der Waals surface area contributed by atoms with Gasteiger partial charge in [-0.3, -0.25) is 4.79 Å². The summed E-state index contributed by atoms with van der Waals surface area (Å²) in [5.41, 5.74) is 6.82. The smallest absolute Gasteiger partial charge is 0.193 e. The summed E-state index contributed by atoms with van der Waals surface area (Å²) >= 11 is 0. The molecule has 0 saturated heterocycles. The van der Waals surface area contributed by atoms with Crippen LogP contribution in [0.15, 0.2) is 42.5 Å². The molecule has 0 aliphatic heterocycles. The lowest BCUT2D eigenvalue weighted by Crippen LogP contribution is -2.03. The summed E-state index contributed by atoms with van der Waals surface area (Å²) in [6, 6.07) is 10.8. The van der Waals surface area contributed by atoms with Crippen LogP contribution in [-0.4, -0.2) is 12.4 Å². The molecule has 0 atom stereocenters. The van der Waals surface area contributed by atoms with Crippen molar-refractivity contribution in [3.05, 3.63) is 59.4 Å². The number of nitrogen functional groups attached to an aromatic ring is 1. The first-order valence-corrected chi connectivity index (χ1v) is 5.94. The van der Waals surface area contributed by atoms with Gasteiger partial charge in [0.05, 0.1) is 6.61 Å². The van der Waals surface area contributed by atoms with Gasteiger partial charge < -0.3 is 10.5 Å². The van der Waals surface area contributed by atoms with Crippen LogP contribution in [0.1, 0.15) is 22.8 Å². The number of anilines is 1. The second-order valence-electron chi connectivity index (χ2n) is 4.03. The van der Waals surface area contributed by atoms with Gasteiger partial charge in [-0.2, -0.15) is 0 Å². The summed E-state index contributed by atoms with van der Waals surface area (Å²) in [5, 5.41) is 0. The Balaban J connectivity index is 2.32. The van der Waals surface area contributed by atoms with Crippen molar-refractivity contribution in [1.29, 1.82) is 0 Å². The van der Waals surface area contributed by atoms with E-state index in [1.165, 1.54) is 12.1 Å². The van der Waals surface area contributed by atoms with Crippen LogP contribution in [0.2, 0.25) is 0 Å². The Bertz CT molecular complexity index is 611. The summed E-state index contributed by atoms with van der Waals surface area (Å²) in [7, 11) is 0. The third-order valence-electron chi connectivity index (χ3n) is 2.64. The first-order chi connectivity index (χ1) is 9.11. The van der Waals surface area contributed by atoms with Gasteiger partial charge in [0.2, 0.25) is 0 Å². The van der Waals surface area contributed by atoms with Gasteiger partial charge in [0, 0.05) is 16.8 Å². The topological polar surface area (TPSA) is 52.3 Å². The van der Waals surface area contributed by atoms with Gasteiger partial charge in [0.1, 0.15) is 0 Å². The van der Waals surface area contributed by atoms with Crippen LogP contribution >= 0.6 is 0 Å². The molecule has 0 aliphatic rings. The van der Waals surface area contributed by atoms with Gasteiger partial charge in [-0.1, -0.05) is 12.1 Å². The van der Waals surface area contributed by atoms with E-state index in [0.29, 0.717) is 17.9 Å². The Morgan fingerprint density at radius 3 is 2.58 bits per heavy atom. The number of halogens is 1. The average Bonchev–Trinajstić information content (AvgIpc) is 2.40. The van der Waals surface area contributed by atoms with E-state index in [-0.39, 0.29) is 17.1 Å². The monoisotopic (exact) mass is 259 g/mol. The molecule has 2 rings (SSSR count). The number of ether oxygens (including phenoxy) is 1. The molecule has 0 heterocycles. The van der Waals surface area contributed by atoms with Crippen LogP contribution in [0.5, 0.6) is 5.75 Å². The van der Waals surface area contributed by atoms with Crippen LogP contribution in [-0.2, 0) is 0 Å². The zero-order valence-corrected chi connectivity index (χ0v) is 10.5. The number of carbonyl (C=O) groups excluding carboxylic acids is 1. The third kappa shape index (κ3) is 2.91. The molecule has 0 saturated carbocycles. The van der Waals surface area contributed by atoms with E-state index >= 15 is 0 Å². The van der Waals surface area contributed by atoms with Crippen LogP contribution in [0, 0.1) is 5.82 Å². The normalized spacial score (nSPS) is 10.2. The van der Waals surface area contributed by atoms with E-state index in [4.69, 9.17) is 10.5 Å². The predicted molar refractivity (Wildman–Crippen MR) is 71.9 cm³/mol. The fourth-order valence-electron chi connectivity index (χ4n) is 1.76. The molecule has 3 nitrogen and oxygen atoms in total. The van der Waals surface area contributed by atoms with Crippen molar-refractivity contribution in [2.45, 2.75) is 6.92 Å². The van der Waals surface area contributed by atoms with Gasteiger partial charge in [-0.15, -0.1) is 0 Å². The maximum absolute atomic E-state index is 13.7. The minimum atomic E-state index is -0.545. The van der Waals surface area contributed by atoms with E-state index in [2.05, 4.69) is 0 Å². The molecule has 0 unspecified atom stereocenters. The summed E-state index contributed by atoms with van der Waals surface area (Å²) < 4.78 is 18.8. The Hall–Kier alpha value is -2.36. The summed E-state index contributed by atoms with van der Waals surface area (Å²) in [6.07, 6.45) is 0. The zero-order valence-electron chi connectivity index (χ0n) is 10.5. The van der Waals surface area contributed by atoms with E-state index in [1.54, 1.807) is 37.3 Å². The van der Waals surface area contributed by atoms with Gasteiger partial charge in [-0.05, 0) is 37.3 Å². The second kappa shape index (κ2) is 5.52. The molecular weight excluding hydrogens is 245 g/mol. The molecule has 0 spiro atoms. The minimum Gasteiger partial charge on any atom is -0.491 e. The summed E-state index contributed by atoms with van der Waals surface area (Å²) in [6.45, 7) is 2.14. The molecule has 2 N–H and O–H groups in total. The SMILES string of the molecule is CCOc1ccc(C(=O)c2cccc(N)c2)cc1F. The van der Waals surface area contributed by atoms with E-state index < -0.39 is 5.82 Å². The van der Waals surface area contributed by atoms with Crippen LogP contribution in [0.25, 0.3) is 0 Å². The van der Waals surface area contributed by atoms with Gasteiger partial charge in [-0.25, -0.2) is 4.39 Å². The number of nitrogens with two attached hydrogens (primary N) is 1. The third-order valence-corrected chi connectivity index (χ3v) is 2.64. The zero-order chi connectivity index (χ0) is 13.8. The number of benzene rings is 2. The lowest BCUT2D eigenvalue weighted by Gasteiger charge is -2.06. The first kappa shape index (κ1) is 13.1. The molecule has 0 amide bonds. The van der Waals surface area contributed by atoms with Crippen LogP contribution in [0.3, 0.4) is 0 Å². The molecule has 0 bridgehead atoms. The fourth-order valence-corrected chi connectivity index (χ4v) is 1.76. The Morgan fingerprint density at radius 1 is 1.21 bits per heavy atom. The molecule has 98 valence electrons. The number of ketones is 1. The lowest BCUT2D eigenvalue weighted by atomic mass is 10.0. The van der Waals surface area contributed by atoms with E-state index in [0.717, 1.165) is 0 Å². The molecule has 2 aromatic carbocycles. The number of rotatable bonds is 4. The van der Waals surface area contributed by atoms with Crippen LogP contribution < -0.4 is 10.5 Å². The van der Waals surface area contributed by atoms with Crippen molar-refractivity contribution >= 4 is 11.5 Å².